The molecule has 0 unspecified atom stereocenters. The molecule has 0 radical (unpaired) electrons. The van der Waals surface area contributed by atoms with Gasteiger partial charge in [0.2, 0.25) is 0 Å². The second-order valence-corrected chi connectivity index (χ2v) is 3.28. The van der Waals surface area contributed by atoms with Crippen LogP contribution in [0.1, 0.15) is 5.56 Å². The number of phenolic OH excluding ortho intramolecular Hbond substituents is 1. The highest BCUT2D eigenvalue weighted by molar-refractivity contribution is 9.10. The molecule has 0 atom stereocenters. The fourth-order valence-corrected chi connectivity index (χ4v) is 1.49. The molecule has 0 fully saturated rings. The molecule has 4 heteroatoms. The van der Waals surface area contributed by atoms with Gasteiger partial charge in [-0.05, 0) is 22.0 Å². The minimum atomic E-state index is 0.0263. The van der Waals surface area contributed by atoms with Crippen LogP contribution < -0.4 is 4.74 Å². The Morgan fingerprint density at radius 3 is 2.85 bits per heavy atom. The molecule has 0 spiro atoms. The van der Waals surface area contributed by atoms with Gasteiger partial charge in [0.15, 0.2) is 11.5 Å². The number of aromatic hydroxyl groups is 1. The van der Waals surface area contributed by atoms with Crippen LogP contribution >= 0.6 is 15.9 Å². The minimum Gasteiger partial charge on any atom is -0.504 e. The molecule has 0 bridgehead atoms. The Morgan fingerprint density at radius 2 is 2.31 bits per heavy atom. The highest BCUT2D eigenvalue weighted by atomic mass is 79.9. The number of hydrogen-bond acceptors (Lipinski definition) is 3. The zero-order valence-electron chi connectivity index (χ0n) is 7.04. The average molecular weight is 242 g/mol. The summed E-state index contributed by atoms with van der Waals surface area (Å²) < 4.78 is 5.63. The maximum Gasteiger partial charge on any atom is 0.174 e. The SMILES string of the molecule is COc1c(Br)ccc(CC#N)c1O. The molecule has 68 valence electrons. The molecule has 0 aromatic heterocycles. The van der Waals surface area contributed by atoms with Crippen LogP contribution in [0.2, 0.25) is 0 Å². The molecule has 0 saturated heterocycles. The summed E-state index contributed by atoms with van der Waals surface area (Å²) in [5.74, 6) is 0.395. The van der Waals surface area contributed by atoms with Crippen molar-refractivity contribution in [3.8, 4) is 17.6 Å². The lowest BCUT2D eigenvalue weighted by atomic mass is 10.1. The van der Waals surface area contributed by atoms with Crippen LogP contribution in [0.3, 0.4) is 0 Å². The van der Waals surface area contributed by atoms with Gasteiger partial charge in [-0.15, -0.1) is 0 Å². The van der Waals surface area contributed by atoms with Crippen molar-refractivity contribution in [1.29, 1.82) is 5.26 Å². The fourth-order valence-electron chi connectivity index (χ4n) is 1.01. The predicted octanol–water partition coefficient (Wildman–Crippen LogP) is 2.23. The van der Waals surface area contributed by atoms with E-state index in [0.29, 0.717) is 15.8 Å². The van der Waals surface area contributed by atoms with Gasteiger partial charge in [0, 0.05) is 5.56 Å². The van der Waals surface area contributed by atoms with Crippen LogP contribution in [0, 0.1) is 11.3 Å². The van der Waals surface area contributed by atoms with E-state index < -0.39 is 0 Å². The molecule has 0 aliphatic heterocycles. The van der Waals surface area contributed by atoms with E-state index >= 15 is 0 Å². The Morgan fingerprint density at radius 1 is 1.62 bits per heavy atom. The van der Waals surface area contributed by atoms with Crippen molar-refractivity contribution in [2.24, 2.45) is 0 Å². The zero-order valence-corrected chi connectivity index (χ0v) is 8.63. The van der Waals surface area contributed by atoms with Crippen molar-refractivity contribution in [3.63, 3.8) is 0 Å². The van der Waals surface area contributed by atoms with Gasteiger partial charge in [0.25, 0.3) is 0 Å². The molecule has 0 aliphatic carbocycles. The van der Waals surface area contributed by atoms with Gasteiger partial charge in [-0.1, -0.05) is 6.07 Å². The summed E-state index contributed by atoms with van der Waals surface area (Å²) in [6, 6.07) is 5.39. The van der Waals surface area contributed by atoms with Gasteiger partial charge < -0.3 is 9.84 Å². The molecule has 1 N–H and O–H groups in total. The molecule has 3 nitrogen and oxygen atoms in total. The lowest BCUT2D eigenvalue weighted by Gasteiger charge is -2.08. The van der Waals surface area contributed by atoms with E-state index in [4.69, 9.17) is 10.00 Å². The third-order valence-electron chi connectivity index (χ3n) is 1.64. The van der Waals surface area contributed by atoms with Crippen LogP contribution in [0.15, 0.2) is 16.6 Å². The Bertz CT molecular complexity index is 357. The van der Waals surface area contributed by atoms with E-state index in [0.717, 1.165) is 0 Å². The summed E-state index contributed by atoms with van der Waals surface area (Å²) in [5, 5.41) is 18.1. The number of methoxy groups -OCH3 is 1. The molecule has 1 aromatic rings. The van der Waals surface area contributed by atoms with Crippen LogP contribution in [0.5, 0.6) is 11.5 Å². The number of hydrogen-bond donors (Lipinski definition) is 1. The maximum atomic E-state index is 9.59. The first-order valence-corrected chi connectivity index (χ1v) is 4.41. The summed E-state index contributed by atoms with van der Waals surface area (Å²) in [4.78, 5) is 0. The maximum absolute atomic E-state index is 9.59. The van der Waals surface area contributed by atoms with E-state index in [-0.39, 0.29) is 12.2 Å². The molecule has 1 rings (SSSR count). The molecule has 0 amide bonds. The first-order chi connectivity index (χ1) is 6.20. The number of ether oxygens (including phenoxy) is 1. The van der Waals surface area contributed by atoms with Crippen molar-refractivity contribution in [3.05, 3.63) is 22.2 Å². The van der Waals surface area contributed by atoms with Crippen LogP contribution in [0.25, 0.3) is 0 Å². The third kappa shape index (κ3) is 1.93. The molecule has 1 aromatic carbocycles. The quantitative estimate of drug-likeness (QED) is 0.865. The van der Waals surface area contributed by atoms with E-state index in [9.17, 15) is 5.11 Å². The first kappa shape index (κ1) is 9.87. The van der Waals surface area contributed by atoms with Crippen molar-refractivity contribution in [1.82, 2.24) is 0 Å². The largest absolute Gasteiger partial charge is 0.504 e. The van der Waals surface area contributed by atoms with Gasteiger partial charge in [-0.2, -0.15) is 5.26 Å². The Balaban J connectivity index is 3.21. The molecular formula is C9H8BrNO2. The topological polar surface area (TPSA) is 53.2 Å². The minimum absolute atomic E-state index is 0.0263. The van der Waals surface area contributed by atoms with Crippen molar-refractivity contribution >= 4 is 15.9 Å². The van der Waals surface area contributed by atoms with Crippen molar-refractivity contribution in [2.45, 2.75) is 6.42 Å². The van der Waals surface area contributed by atoms with E-state index in [2.05, 4.69) is 15.9 Å². The smallest absolute Gasteiger partial charge is 0.174 e. The third-order valence-corrected chi connectivity index (χ3v) is 2.27. The number of nitrogens with zero attached hydrogens (tertiary/aromatic N) is 1. The highest BCUT2D eigenvalue weighted by Gasteiger charge is 2.10. The summed E-state index contributed by atoms with van der Waals surface area (Å²) >= 11 is 3.22. The van der Waals surface area contributed by atoms with Gasteiger partial charge in [0.05, 0.1) is 24.1 Å². The molecular weight excluding hydrogens is 234 g/mol. The summed E-state index contributed by atoms with van der Waals surface area (Å²) in [6.07, 6.45) is 0.176. The van der Waals surface area contributed by atoms with Gasteiger partial charge >= 0.3 is 0 Å². The van der Waals surface area contributed by atoms with E-state index in [1.807, 2.05) is 6.07 Å². The summed E-state index contributed by atoms with van der Waals surface area (Å²) in [5.41, 5.74) is 0.572. The van der Waals surface area contributed by atoms with Gasteiger partial charge in [-0.3, -0.25) is 0 Å². The fraction of sp³-hybridized carbons (Fsp3) is 0.222. The number of nitriles is 1. The normalized spacial score (nSPS) is 9.31. The first-order valence-electron chi connectivity index (χ1n) is 3.62. The lowest BCUT2D eigenvalue weighted by molar-refractivity contribution is 0.369. The number of rotatable bonds is 2. The standard InChI is InChI=1S/C9H8BrNO2/c1-13-9-7(10)3-2-6(4-5-11)8(9)12/h2-3,12H,4H2,1H3. The van der Waals surface area contributed by atoms with Crippen LogP contribution in [-0.2, 0) is 6.42 Å². The Hall–Kier alpha value is -1.21. The van der Waals surface area contributed by atoms with Crippen LogP contribution in [-0.4, -0.2) is 12.2 Å². The van der Waals surface area contributed by atoms with E-state index in [1.165, 1.54) is 7.11 Å². The number of halogens is 1. The van der Waals surface area contributed by atoms with Gasteiger partial charge in [-0.25, -0.2) is 0 Å². The van der Waals surface area contributed by atoms with Crippen molar-refractivity contribution in [2.75, 3.05) is 7.11 Å². The Labute approximate surface area is 84.7 Å². The molecule has 0 saturated carbocycles. The highest BCUT2D eigenvalue weighted by Crippen LogP contribution is 2.36. The van der Waals surface area contributed by atoms with E-state index in [1.54, 1.807) is 12.1 Å². The summed E-state index contributed by atoms with van der Waals surface area (Å²) in [7, 11) is 1.47. The lowest BCUT2D eigenvalue weighted by Crippen LogP contribution is -1.89. The molecule has 0 heterocycles. The average Bonchev–Trinajstić information content (AvgIpc) is 2.11. The number of phenols is 1. The van der Waals surface area contributed by atoms with Crippen molar-refractivity contribution < 1.29 is 9.84 Å². The Kier molecular flexibility index (Phi) is 3.15. The second kappa shape index (κ2) is 4.15. The predicted molar refractivity (Wildman–Crippen MR) is 51.7 cm³/mol. The monoisotopic (exact) mass is 241 g/mol. The van der Waals surface area contributed by atoms with Gasteiger partial charge in [0.1, 0.15) is 0 Å². The molecule has 13 heavy (non-hydrogen) atoms. The number of benzene rings is 1. The second-order valence-electron chi connectivity index (χ2n) is 2.42. The molecule has 0 aliphatic rings. The summed E-state index contributed by atoms with van der Waals surface area (Å²) in [6.45, 7) is 0. The zero-order chi connectivity index (χ0) is 9.84. The van der Waals surface area contributed by atoms with Crippen LogP contribution in [0.4, 0.5) is 0 Å².